The third kappa shape index (κ3) is 3.79. The first-order chi connectivity index (χ1) is 10.2. The molecule has 0 radical (unpaired) electrons. The third-order valence-corrected chi connectivity index (χ3v) is 3.59. The number of carbonyl (C=O) groups is 1. The molecule has 1 heterocycles. The van der Waals surface area contributed by atoms with E-state index < -0.39 is 0 Å². The van der Waals surface area contributed by atoms with Crippen LogP contribution in [0.25, 0.3) is 0 Å². The van der Waals surface area contributed by atoms with Crippen molar-refractivity contribution in [3.05, 3.63) is 29.8 Å². The van der Waals surface area contributed by atoms with Crippen LogP contribution in [0, 0.1) is 11.3 Å². The summed E-state index contributed by atoms with van der Waals surface area (Å²) in [6.45, 7) is 1.56. The molecule has 1 amide bonds. The van der Waals surface area contributed by atoms with Gasteiger partial charge in [-0.15, -0.1) is 0 Å². The Morgan fingerprint density at radius 3 is 2.52 bits per heavy atom. The van der Waals surface area contributed by atoms with Gasteiger partial charge in [0.1, 0.15) is 6.07 Å². The Labute approximate surface area is 124 Å². The van der Waals surface area contributed by atoms with E-state index in [1.165, 1.54) is 0 Å². The summed E-state index contributed by atoms with van der Waals surface area (Å²) in [4.78, 5) is 14.1. The first-order valence-corrected chi connectivity index (χ1v) is 6.75. The minimum absolute atomic E-state index is 0.0193. The number of ether oxygens (including phenoxy) is 2. The summed E-state index contributed by atoms with van der Waals surface area (Å²) in [5, 5.41) is 11.8. The van der Waals surface area contributed by atoms with Crippen LogP contribution in [0.2, 0.25) is 0 Å². The average Bonchev–Trinajstić information content (AvgIpc) is 2.89. The van der Waals surface area contributed by atoms with Gasteiger partial charge < -0.3 is 14.8 Å². The molecule has 1 N–H and O–H groups in total. The molecular formula is C15H19N3O3. The zero-order valence-corrected chi connectivity index (χ0v) is 12.2. The van der Waals surface area contributed by atoms with E-state index in [9.17, 15) is 4.79 Å². The molecule has 1 fully saturated rings. The number of hydrogen-bond donors (Lipinski definition) is 1. The topological polar surface area (TPSA) is 74.6 Å². The number of rotatable bonds is 5. The fraction of sp³-hybridized carbons (Fsp3) is 0.467. The monoisotopic (exact) mass is 289 g/mol. The highest BCUT2D eigenvalue weighted by Crippen LogP contribution is 2.17. The Balaban J connectivity index is 1.92. The molecule has 1 aliphatic rings. The van der Waals surface area contributed by atoms with E-state index in [-0.39, 0.29) is 24.7 Å². The van der Waals surface area contributed by atoms with E-state index >= 15 is 0 Å². The van der Waals surface area contributed by atoms with Crippen molar-refractivity contribution >= 4 is 11.6 Å². The number of nitrogens with one attached hydrogen (secondary N) is 1. The van der Waals surface area contributed by atoms with Crippen LogP contribution in [-0.2, 0) is 14.3 Å². The summed E-state index contributed by atoms with van der Waals surface area (Å²) in [6, 6.07) is 9.00. The lowest BCUT2D eigenvalue weighted by atomic mass is 10.2. The standard InChI is InChI=1S/C15H19N3O3/c1-20-13-8-18(9-14(13)21-2)10-15(19)17-12-6-4-3-5-11(12)7-16/h3-6,13-14H,8-10H2,1-2H3,(H,17,19). The molecule has 1 aliphatic heterocycles. The molecule has 6 nitrogen and oxygen atoms in total. The maximum Gasteiger partial charge on any atom is 0.238 e. The molecule has 6 heteroatoms. The van der Waals surface area contributed by atoms with E-state index in [4.69, 9.17) is 14.7 Å². The molecule has 2 rings (SSSR count). The van der Waals surface area contributed by atoms with Crippen molar-refractivity contribution in [3.63, 3.8) is 0 Å². The van der Waals surface area contributed by atoms with Gasteiger partial charge in [0.15, 0.2) is 0 Å². The number of nitriles is 1. The van der Waals surface area contributed by atoms with Crippen LogP contribution < -0.4 is 5.32 Å². The lowest BCUT2D eigenvalue weighted by Gasteiger charge is -2.15. The molecular weight excluding hydrogens is 270 g/mol. The molecule has 2 unspecified atom stereocenters. The normalized spacial score (nSPS) is 22.0. The Morgan fingerprint density at radius 1 is 1.33 bits per heavy atom. The minimum atomic E-state index is -0.149. The third-order valence-electron chi connectivity index (χ3n) is 3.59. The van der Waals surface area contributed by atoms with Gasteiger partial charge in [-0.25, -0.2) is 0 Å². The first kappa shape index (κ1) is 15.4. The molecule has 112 valence electrons. The van der Waals surface area contributed by atoms with Crippen molar-refractivity contribution in [1.29, 1.82) is 5.26 Å². The van der Waals surface area contributed by atoms with Crippen LogP contribution in [0.5, 0.6) is 0 Å². The maximum absolute atomic E-state index is 12.1. The molecule has 0 aromatic heterocycles. The second-order valence-electron chi connectivity index (χ2n) is 4.95. The molecule has 0 bridgehead atoms. The smallest absolute Gasteiger partial charge is 0.238 e. The number of nitrogens with zero attached hydrogens (tertiary/aromatic N) is 2. The summed E-state index contributed by atoms with van der Waals surface area (Å²) in [6.07, 6.45) is -0.0385. The van der Waals surface area contributed by atoms with E-state index in [2.05, 4.69) is 11.4 Å². The summed E-state index contributed by atoms with van der Waals surface area (Å²) < 4.78 is 10.7. The van der Waals surface area contributed by atoms with Gasteiger partial charge in [0.25, 0.3) is 0 Å². The second-order valence-corrected chi connectivity index (χ2v) is 4.95. The highest BCUT2D eigenvalue weighted by Gasteiger charge is 2.33. The van der Waals surface area contributed by atoms with Crippen LogP contribution >= 0.6 is 0 Å². The van der Waals surface area contributed by atoms with Gasteiger partial charge in [-0.1, -0.05) is 12.1 Å². The number of hydrogen-bond acceptors (Lipinski definition) is 5. The number of amides is 1. The van der Waals surface area contributed by atoms with Crippen molar-refractivity contribution in [3.8, 4) is 6.07 Å². The zero-order valence-electron chi connectivity index (χ0n) is 12.2. The second kappa shape index (κ2) is 7.18. The van der Waals surface area contributed by atoms with Crippen LogP contribution in [-0.4, -0.2) is 56.9 Å². The molecule has 0 aliphatic carbocycles. The number of likely N-dealkylation sites (tertiary alicyclic amines) is 1. The summed E-state index contributed by atoms with van der Waals surface area (Å²) in [5.41, 5.74) is 0.993. The van der Waals surface area contributed by atoms with Crippen molar-refractivity contribution in [2.75, 3.05) is 39.2 Å². The maximum atomic E-state index is 12.1. The highest BCUT2D eigenvalue weighted by molar-refractivity contribution is 5.93. The number of carbonyl (C=O) groups excluding carboxylic acids is 1. The number of benzene rings is 1. The fourth-order valence-corrected chi connectivity index (χ4v) is 2.48. The van der Waals surface area contributed by atoms with Gasteiger partial charge in [0, 0.05) is 27.3 Å². The molecule has 1 aromatic carbocycles. The summed E-state index contributed by atoms with van der Waals surface area (Å²) in [5.74, 6) is -0.149. The fourth-order valence-electron chi connectivity index (χ4n) is 2.48. The van der Waals surface area contributed by atoms with Gasteiger partial charge in [0.2, 0.25) is 5.91 Å². The molecule has 0 saturated carbocycles. The van der Waals surface area contributed by atoms with Crippen molar-refractivity contribution in [2.45, 2.75) is 12.2 Å². The van der Waals surface area contributed by atoms with Crippen LogP contribution in [0.3, 0.4) is 0 Å². The van der Waals surface area contributed by atoms with Gasteiger partial charge >= 0.3 is 0 Å². The molecule has 1 aromatic rings. The van der Waals surface area contributed by atoms with Crippen LogP contribution in [0.1, 0.15) is 5.56 Å². The lowest BCUT2D eigenvalue weighted by Crippen LogP contribution is -2.32. The van der Waals surface area contributed by atoms with Crippen LogP contribution in [0.15, 0.2) is 24.3 Å². The molecule has 1 saturated heterocycles. The molecule has 2 atom stereocenters. The van der Waals surface area contributed by atoms with Gasteiger partial charge in [0.05, 0.1) is 30.0 Å². The first-order valence-electron chi connectivity index (χ1n) is 6.75. The van der Waals surface area contributed by atoms with Crippen molar-refractivity contribution in [2.24, 2.45) is 0 Å². The average molecular weight is 289 g/mol. The summed E-state index contributed by atoms with van der Waals surface area (Å²) in [7, 11) is 3.28. The van der Waals surface area contributed by atoms with E-state index in [0.29, 0.717) is 24.3 Å². The Kier molecular flexibility index (Phi) is 5.28. The number of para-hydroxylation sites is 1. The number of anilines is 1. The zero-order chi connectivity index (χ0) is 15.2. The Morgan fingerprint density at radius 2 is 1.95 bits per heavy atom. The van der Waals surface area contributed by atoms with Gasteiger partial charge in [-0.3, -0.25) is 9.69 Å². The summed E-state index contributed by atoms with van der Waals surface area (Å²) >= 11 is 0. The van der Waals surface area contributed by atoms with E-state index in [1.54, 1.807) is 38.5 Å². The van der Waals surface area contributed by atoms with Gasteiger partial charge in [-0.2, -0.15) is 5.26 Å². The Bertz CT molecular complexity index is 529. The predicted octanol–water partition coefficient (Wildman–Crippen LogP) is 0.842. The van der Waals surface area contributed by atoms with Gasteiger partial charge in [-0.05, 0) is 12.1 Å². The van der Waals surface area contributed by atoms with Crippen molar-refractivity contribution < 1.29 is 14.3 Å². The van der Waals surface area contributed by atoms with E-state index in [1.807, 2.05) is 4.90 Å². The highest BCUT2D eigenvalue weighted by atomic mass is 16.5. The molecule has 21 heavy (non-hydrogen) atoms. The minimum Gasteiger partial charge on any atom is -0.377 e. The lowest BCUT2D eigenvalue weighted by molar-refractivity contribution is -0.117. The van der Waals surface area contributed by atoms with E-state index in [0.717, 1.165) is 0 Å². The quantitative estimate of drug-likeness (QED) is 0.869. The van der Waals surface area contributed by atoms with Crippen LogP contribution in [0.4, 0.5) is 5.69 Å². The number of methoxy groups -OCH3 is 2. The predicted molar refractivity (Wildman–Crippen MR) is 77.8 cm³/mol. The van der Waals surface area contributed by atoms with Crippen molar-refractivity contribution in [1.82, 2.24) is 4.90 Å². The molecule has 0 spiro atoms. The largest absolute Gasteiger partial charge is 0.377 e. The Hall–Kier alpha value is -1.94. The SMILES string of the molecule is COC1CN(CC(=O)Nc2ccccc2C#N)CC1OC.